The number of rotatable bonds is 6. The van der Waals surface area contributed by atoms with E-state index in [-0.39, 0.29) is 0 Å². The van der Waals surface area contributed by atoms with Crippen LogP contribution in [0.15, 0.2) is 30.3 Å². The fourth-order valence-electron chi connectivity index (χ4n) is 2.73. The van der Waals surface area contributed by atoms with Crippen molar-refractivity contribution < 1.29 is 4.74 Å². The lowest BCUT2D eigenvalue weighted by Crippen LogP contribution is -2.39. The Labute approximate surface area is 143 Å². The van der Waals surface area contributed by atoms with Gasteiger partial charge in [0.15, 0.2) is 0 Å². The van der Waals surface area contributed by atoms with Crippen molar-refractivity contribution >= 4 is 17.5 Å². The summed E-state index contributed by atoms with van der Waals surface area (Å²) in [5, 5.41) is 6.67. The molecule has 0 unspecified atom stereocenters. The Morgan fingerprint density at radius 3 is 2.75 bits per heavy atom. The van der Waals surface area contributed by atoms with Crippen molar-refractivity contribution in [2.45, 2.75) is 13.8 Å². The molecule has 128 valence electrons. The molecule has 0 amide bonds. The first-order chi connectivity index (χ1) is 11.7. The smallest absolute Gasteiger partial charge is 0.229 e. The van der Waals surface area contributed by atoms with Gasteiger partial charge in [-0.05, 0) is 31.5 Å². The molecular formula is C18H25N5O. The second kappa shape index (κ2) is 8.08. The Morgan fingerprint density at radius 2 is 1.96 bits per heavy atom. The number of aryl methyl sites for hydroxylation is 2. The second-order valence-corrected chi connectivity index (χ2v) is 6.09. The maximum Gasteiger partial charge on any atom is 0.229 e. The minimum absolute atomic E-state index is 0.620. The molecule has 6 nitrogen and oxygen atoms in total. The highest BCUT2D eigenvalue weighted by molar-refractivity contribution is 5.56. The van der Waals surface area contributed by atoms with E-state index in [9.17, 15) is 0 Å². The molecule has 1 aromatic carbocycles. The van der Waals surface area contributed by atoms with Gasteiger partial charge in [0, 0.05) is 43.6 Å². The lowest BCUT2D eigenvalue weighted by molar-refractivity contribution is 0.0398. The molecule has 2 aromatic rings. The fraction of sp³-hybridized carbons (Fsp3) is 0.444. The second-order valence-electron chi connectivity index (χ2n) is 6.09. The standard InChI is InChI=1S/C18H25N5O/c1-14-4-3-5-16(12-14)21-18-20-15(2)13-17(22-18)19-6-7-23-8-10-24-11-9-23/h3-5,12-13H,6-11H2,1-2H3,(H2,19,20,21,22). The van der Waals surface area contributed by atoms with Crippen molar-refractivity contribution in [3.05, 3.63) is 41.6 Å². The first-order valence-corrected chi connectivity index (χ1v) is 8.42. The van der Waals surface area contributed by atoms with Crippen LogP contribution in [0.3, 0.4) is 0 Å². The van der Waals surface area contributed by atoms with E-state index in [1.165, 1.54) is 5.56 Å². The van der Waals surface area contributed by atoms with Crippen LogP contribution in [-0.4, -0.2) is 54.3 Å². The number of hydrogen-bond acceptors (Lipinski definition) is 6. The van der Waals surface area contributed by atoms with E-state index in [4.69, 9.17) is 4.74 Å². The zero-order valence-corrected chi connectivity index (χ0v) is 14.4. The van der Waals surface area contributed by atoms with Crippen LogP contribution in [0.5, 0.6) is 0 Å². The highest BCUT2D eigenvalue weighted by atomic mass is 16.5. The largest absolute Gasteiger partial charge is 0.379 e. The van der Waals surface area contributed by atoms with Crippen molar-refractivity contribution in [2.24, 2.45) is 0 Å². The highest BCUT2D eigenvalue weighted by Crippen LogP contribution is 2.16. The number of anilines is 3. The van der Waals surface area contributed by atoms with Gasteiger partial charge in [0.05, 0.1) is 13.2 Å². The average molecular weight is 327 g/mol. The molecular weight excluding hydrogens is 302 g/mol. The predicted octanol–water partition coefficient (Wildman–Crippen LogP) is 2.58. The first kappa shape index (κ1) is 16.7. The number of nitrogens with one attached hydrogen (secondary N) is 2. The van der Waals surface area contributed by atoms with Crippen LogP contribution in [0.1, 0.15) is 11.3 Å². The quantitative estimate of drug-likeness (QED) is 0.850. The van der Waals surface area contributed by atoms with Gasteiger partial charge in [0.25, 0.3) is 0 Å². The van der Waals surface area contributed by atoms with Crippen molar-refractivity contribution in [3.8, 4) is 0 Å². The van der Waals surface area contributed by atoms with Gasteiger partial charge in [-0.15, -0.1) is 0 Å². The third-order valence-corrected chi connectivity index (χ3v) is 3.97. The van der Waals surface area contributed by atoms with Gasteiger partial charge in [-0.3, -0.25) is 4.90 Å². The predicted molar refractivity (Wildman–Crippen MR) is 97.0 cm³/mol. The summed E-state index contributed by atoms with van der Waals surface area (Å²) in [4.78, 5) is 11.4. The number of aromatic nitrogens is 2. The van der Waals surface area contributed by atoms with Gasteiger partial charge in [-0.2, -0.15) is 4.98 Å². The summed E-state index contributed by atoms with van der Waals surface area (Å²) in [5.41, 5.74) is 3.14. The molecule has 0 radical (unpaired) electrons. The molecule has 24 heavy (non-hydrogen) atoms. The van der Waals surface area contributed by atoms with E-state index in [2.05, 4.69) is 44.6 Å². The molecule has 0 atom stereocenters. The van der Waals surface area contributed by atoms with Crippen LogP contribution in [0.4, 0.5) is 17.5 Å². The molecule has 2 N–H and O–H groups in total. The van der Waals surface area contributed by atoms with E-state index in [0.717, 1.165) is 56.6 Å². The third kappa shape index (κ3) is 4.91. The van der Waals surface area contributed by atoms with Crippen LogP contribution >= 0.6 is 0 Å². The molecule has 0 spiro atoms. The lowest BCUT2D eigenvalue weighted by atomic mass is 10.2. The van der Waals surface area contributed by atoms with Crippen molar-refractivity contribution in [1.29, 1.82) is 0 Å². The van der Waals surface area contributed by atoms with E-state index in [1.807, 2.05) is 25.1 Å². The van der Waals surface area contributed by atoms with Crippen LogP contribution in [0.2, 0.25) is 0 Å². The molecule has 6 heteroatoms. The van der Waals surface area contributed by atoms with Crippen LogP contribution in [0.25, 0.3) is 0 Å². The zero-order chi connectivity index (χ0) is 16.8. The lowest BCUT2D eigenvalue weighted by Gasteiger charge is -2.26. The van der Waals surface area contributed by atoms with Gasteiger partial charge >= 0.3 is 0 Å². The Hall–Kier alpha value is -2.18. The normalized spacial score (nSPS) is 15.2. The summed E-state index contributed by atoms with van der Waals surface area (Å²) in [6.45, 7) is 9.58. The van der Waals surface area contributed by atoms with E-state index in [0.29, 0.717) is 5.95 Å². The number of hydrogen-bond donors (Lipinski definition) is 2. The molecule has 1 fully saturated rings. The van der Waals surface area contributed by atoms with Gasteiger partial charge in [0.1, 0.15) is 5.82 Å². The number of nitrogens with zero attached hydrogens (tertiary/aromatic N) is 3. The van der Waals surface area contributed by atoms with Crippen molar-refractivity contribution in [3.63, 3.8) is 0 Å². The first-order valence-electron chi connectivity index (χ1n) is 8.42. The Kier molecular flexibility index (Phi) is 5.61. The van der Waals surface area contributed by atoms with E-state index < -0.39 is 0 Å². The van der Waals surface area contributed by atoms with Gasteiger partial charge < -0.3 is 15.4 Å². The molecule has 3 rings (SSSR count). The molecule has 1 saturated heterocycles. The SMILES string of the molecule is Cc1cccc(Nc2nc(C)cc(NCCN3CCOCC3)n2)c1. The molecule has 0 bridgehead atoms. The molecule has 0 aliphatic carbocycles. The molecule has 1 aromatic heterocycles. The minimum Gasteiger partial charge on any atom is -0.379 e. The topological polar surface area (TPSA) is 62.3 Å². The number of ether oxygens (including phenoxy) is 1. The van der Waals surface area contributed by atoms with Crippen LogP contribution in [-0.2, 0) is 4.74 Å². The summed E-state index contributed by atoms with van der Waals surface area (Å²) < 4.78 is 5.37. The zero-order valence-electron chi connectivity index (χ0n) is 14.4. The van der Waals surface area contributed by atoms with Crippen LogP contribution in [0, 0.1) is 13.8 Å². The average Bonchev–Trinajstić information content (AvgIpc) is 2.55. The maximum atomic E-state index is 5.37. The summed E-state index contributed by atoms with van der Waals surface area (Å²) in [7, 11) is 0. The molecule has 0 saturated carbocycles. The minimum atomic E-state index is 0.620. The summed E-state index contributed by atoms with van der Waals surface area (Å²) in [5.74, 6) is 1.47. The summed E-state index contributed by atoms with van der Waals surface area (Å²) >= 11 is 0. The third-order valence-electron chi connectivity index (χ3n) is 3.97. The van der Waals surface area contributed by atoms with Gasteiger partial charge in [-0.25, -0.2) is 4.98 Å². The maximum absolute atomic E-state index is 5.37. The van der Waals surface area contributed by atoms with Crippen molar-refractivity contribution in [2.75, 3.05) is 50.0 Å². The molecule has 2 heterocycles. The molecule has 1 aliphatic rings. The Morgan fingerprint density at radius 1 is 1.12 bits per heavy atom. The van der Waals surface area contributed by atoms with E-state index in [1.54, 1.807) is 0 Å². The Balaban J connectivity index is 1.58. The van der Waals surface area contributed by atoms with Gasteiger partial charge in [0.2, 0.25) is 5.95 Å². The van der Waals surface area contributed by atoms with Gasteiger partial charge in [-0.1, -0.05) is 12.1 Å². The van der Waals surface area contributed by atoms with E-state index >= 15 is 0 Å². The fourth-order valence-corrected chi connectivity index (χ4v) is 2.73. The summed E-state index contributed by atoms with van der Waals surface area (Å²) in [6, 6.07) is 10.2. The van der Waals surface area contributed by atoms with Crippen molar-refractivity contribution in [1.82, 2.24) is 14.9 Å². The number of morpholine rings is 1. The number of benzene rings is 1. The summed E-state index contributed by atoms with van der Waals surface area (Å²) in [6.07, 6.45) is 0. The molecule has 1 aliphatic heterocycles. The van der Waals surface area contributed by atoms with Crippen LogP contribution < -0.4 is 10.6 Å². The highest BCUT2D eigenvalue weighted by Gasteiger charge is 2.09. The monoisotopic (exact) mass is 327 g/mol. The Bertz CT molecular complexity index is 670.